The molecule has 0 fully saturated rings. The van der Waals surface area contributed by atoms with Crippen LogP contribution in [-0.4, -0.2) is 54.5 Å². The molecule has 5 rings (SSSR count). The van der Waals surface area contributed by atoms with Gasteiger partial charge in [-0.25, -0.2) is 15.0 Å². The smallest absolute Gasteiger partial charge is 0.303 e. The molecule has 226 valence electrons. The lowest BCUT2D eigenvalue weighted by molar-refractivity contribution is -0.137. The molecule has 5 N–H and O–H groups in total. The van der Waals surface area contributed by atoms with Crippen molar-refractivity contribution in [2.45, 2.75) is 60.3 Å². The van der Waals surface area contributed by atoms with E-state index >= 15 is 0 Å². The molecular formula is C34H34N4O6. The molecule has 0 spiro atoms. The SMILES string of the molecule is C=C(O)c1c(C)c2[nH]c1=CC1=C(C)/C(=C(\C)O)C(=N1)C=C1N=C(C=C3N=C(C=2)C(C)=C3CCC(=O)O)C(CCC(=O)O)=C1C. The highest BCUT2D eigenvalue weighted by atomic mass is 16.4. The number of fused-ring (bicyclic) bond motifs is 5. The topological polar surface area (TPSA) is 168 Å². The molecule has 0 unspecified atom stereocenters. The number of H-pyrrole nitrogens is 1. The van der Waals surface area contributed by atoms with E-state index in [4.69, 9.17) is 15.0 Å². The minimum atomic E-state index is -0.937. The number of hydrogen-bond donors (Lipinski definition) is 5. The number of nitrogens with zero attached hydrogens (tertiary/aromatic N) is 3. The van der Waals surface area contributed by atoms with Crippen molar-refractivity contribution in [3.05, 3.63) is 96.8 Å². The van der Waals surface area contributed by atoms with E-state index in [0.29, 0.717) is 56.1 Å². The van der Waals surface area contributed by atoms with Crippen LogP contribution in [0.1, 0.15) is 64.5 Å². The average molecular weight is 595 g/mol. The third kappa shape index (κ3) is 5.46. The van der Waals surface area contributed by atoms with E-state index in [2.05, 4.69) is 11.6 Å². The van der Waals surface area contributed by atoms with Crippen LogP contribution in [0, 0.1) is 6.92 Å². The number of aliphatic hydroxyl groups excluding tert-OH is 2. The highest BCUT2D eigenvalue weighted by molar-refractivity contribution is 6.24. The van der Waals surface area contributed by atoms with Gasteiger partial charge in [0.15, 0.2) is 0 Å². The second-order valence-corrected chi connectivity index (χ2v) is 11.2. The quantitative estimate of drug-likeness (QED) is 0.278. The second kappa shape index (κ2) is 11.4. The number of rotatable bonds is 7. The minimum absolute atomic E-state index is 0.0798. The first-order chi connectivity index (χ1) is 20.8. The lowest BCUT2D eigenvalue weighted by Crippen LogP contribution is -2.14. The molecule has 0 aliphatic carbocycles. The normalized spacial score (nSPS) is 18.8. The Labute approximate surface area is 254 Å². The number of aliphatic hydroxyl groups is 2. The van der Waals surface area contributed by atoms with Crippen LogP contribution in [0.15, 0.2) is 90.0 Å². The zero-order valence-electron chi connectivity index (χ0n) is 25.3. The third-order valence-corrected chi connectivity index (χ3v) is 8.28. The predicted octanol–water partition coefficient (Wildman–Crippen LogP) is 5.03. The molecule has 10 heteroatoms. The first-order valence-corrected chi connectivity index (χ1v) is 14.2. The van der Waals surface area contributed by atoms with Gasteiger partial charge < -0.3 is 25.4 Å². The number of carboxylic acid groups (broad SMARTS) is 2. The first kappa shape index (κ1) is 30.2. The fourth-order valence-electron chi connectivity index (χ4n) is 5.96. The maximum atomic E-state index is 11.5. The number of aliphatic carboxylic acids is 2. The number of aromatic nitrogens is 1. The van der Waals surface area contributed by atoms with Gasteiger partial charge in [-0.1, -0.05) is 6.58 Å². The van der Waals surface area contributed by atoms with Gasteiger partial charge in [0.1, 0.15) is 5.76 Å². The Balaban J connectivity index is 1.86. The van der Waals surface area contributed by atoms with E-state index in [9.17, 15) is 30.0 Å². The molecule has 44 heavy (non-hydrogen) atoms. The molecular weight excluding hydrogens is 560 g/mol. The van der Waals surface area contributed by atoms with Crippen LogP contribution in [0.2, 0.25) is 0 Å². The van der Waals surface area contributed by atoms with Crippen LogP contribution in [-0.2, 0) is 9.59 Å². The van der Waals surface area contributed by atoms with Gasteiger partial charge in [0.2, 0.25) is 0 Å². The van der Waals surface area contributed by atoms with Crippen molar-refractivity contribution >= 4 is 47.0 Å². The monoisotopic (exact) mass is 594 g/mol. The molecule has 0 aromatic carbocycles. The lowest BCUT2D eigenvalue weighted by atomic mass is 9.96. The van der Waals surface area contributed by atoms with Crippen LogP contribution < -0.4 is 10.7 Å². The Morgan fingerprint density at radius 3 is 1.95 bits per heavy atom. The van der Waals surface area contributed by atoms with Crippen molar-refractivity contribution < 1.29 is 30.0 Å². The Morgan fingerprint density at radius 1 is 0.727 bits per heavy atom. The molecule has 0 atom stereocenters. The molecule has 0 saturated carbocycles. The van der Waals surface area contributed by atoms with Crippen LogP contribution in [0.25, 0.3) is 17.9 Å². The van der Waals surface area contributed by atoms with Crippen molar-refractivity contribution in [1.82, 2.24) is 4.98 Å². The van der Waals surface area contributed by atoms with Gasteiger partial charge in [-0.3, -0.25) is 9.59 Å². The standard InChI is InChI=1S/C34H34N4O6/c1-15-21(7-9-31(41)42)27-14-28-22(8-10-32(43)44)16(2)24(36-28)12-29-34(20(6)40)18(4)26(38-29)13-30-33(19(5)39)17(3)25(37-30)11-23(15)35-27/h11-14,37,39-40H,5,7-10H2,1-4,6H3,(H,41,42)(H,43,44)/b24-12?,25-11?,27-14?,30-13?,34-20-. The maximum Gasteiger partial charge on any atom is 0.303 e. The number of nitrogens with one attached hydrogen (secondary N) is 1. The fraction of sp³-hybridized carbons (Fsp3) is 0.265. The molecule has 0 saturated heterocycles. The van der Waals surface area contributed by atoms with Gasteiger partial charge in [0, 0.05) is 29.3 Å². The summed E-state index contributed by atoms with van der Waals surface area (Å²) in [5, 5.41) is 41.4. The third-order valence-electron chi connectivity index (χ3n) is 8.28. The summed E-state index contributed by atoms with van der Waals surface area (Å²) in [5.41, 5.74) is 8.97. The van der Waals surface area contributed by atoms with Crippen molar-refractivity contribution in [3.63, 3.8) is 0 Å². The van der Waals surface area contributed by atoms with Crippen molar-refractivity contribution in [3.8, 4) is 0 Å². The van der Waals surface area contributed by atoms with Crippen molar-refractivity contribution in [2.24, 2.45) is 15.0 Å². The summed E-state index contributed by atoms with van der Waals surface area (Å²) in [6.45, 7) is 12.8. The van der Waals surface area contributed by atoms with E-state index in [1.165, 1.54) is 0 Å². The molecule has 4 aliphatic heterocycles. The second-order valence-electron chi connectivity index (χ2n) is 11.2. The van der Waals surface area contributed by atoms with Crippen molar-refractivity contribution in [1.29, 1.82) is 0 Å². The highest BCUT2D eigenvalue weighted by Crippen LogP contribution is 2.36. The Hall–Kier alpha value is -5.25. The molecule has 8 bridgehead atoms. The van der Waals surface area contributed by atoms with Crippen molar-refractivity contribution in [2.75, 3.05) is 0 Å². The summed E-state index contributed by atoms with van der Waals surface area (Å²) >= 11 is 0. The van der Waals surface area contributed by atoms with Crippen LogP contribution in [0.3, 0.4) is 0 Å². The molecule has 0 radical (unpaired) electrons. The summed E-state index contributed by atoms with van der Waals surface area (Å²) < 4.78 is 0. The molecule has 1 aromatic rings. The maximum absolute atomic E-state index is 11.5. The highest BCUT2D eigenvalue weighted by Gasteiger charge is 2.28. The number of carbonyl (C=O) groups is 2. The molecule has 4 aliphatic rings. The van der Waals surface area contributed by atoms with Gasteiger partial charge in [-0.05, 0) is 105 Å². The van der Waals surface area contributed by atoms with Gasteiger partial charge in [-0.15, -0.1) is 0 Å². The Morgan fingerprint density at radius 2 is 1.34 bits per heavy atom. The summed E-state index contributed by atoms with van der Waals surface area (Å²) in [5.74, 6) is -1.91. The van der Waals surface area contributed by atoms with Crippen LogP contribution in [0.5, 0.6) is 0 Å². The first-order valence-electron chi connectivity index (χ1n) is 14.2. The minimum Gasteiger partial charge on any atom is -0.512 e. The molecule has 1 aromatic heterocycles. The van der Waals surface area contributed by atoms with E-state index in [1.807, 2.05) is 33.8 Å². The summed E-state index contributed by atoms with van der Waals surface area (Å²) in [6.07, 6.45) is 7.49. The summed E-state index contributed by atoms with van der Waals surface area (Å²) in [6, 6.07) is 0. The van der Waals surface area contributed by atoms with Crippen LogP contribution >= 0.6 is 0 Å². The Kier molecular flexibility index (Phi) is 7.86. The predicted molar refractivity (Wildman–Crippen MR) is 171 cm³/mol. The fourth-order valence-corrected chi connectivity index (χ4v) is 5.96. The molecule has 5 heterocycles. The van der Waals surface area contributed by atoms with E-state index < -0.39 is 11.9 Å². The molecule has 0 amide bonds. The zero-order valence-corrected chi connectivity index (χ0v) is 25.3. The number of aliphatic imine (C=N–C) groups is 3. The van der Waals surface area contributed by atoms with E-state index in [1.54, 1.807) is 25.2 Å². The summed E-state index contributed by atoms with van der Waals surface area (Å²) in [4.78, 5) is 41.1. The summed E-state index contributed by atoms with van der Waals surface area (Å²) in [7, 11) is 0. The van der Waals surface area contributed by atoms with Gasteiger partial charge in [0.05, 0.1) is 45.3 Å². The zero-order chi connectivity index (χ0) is 32.0. The number of aromatic amines is 1. The number of allylic oxidation sites excluding steroid dienone is 10. The lowest BCUT2D eigenvalue weighted by Gasteiger charge is -2.07. The van der Waals surface area contributed by atoms with E-state index in [0.717, 1.165) is 33.4 Å². The van der Waals surface area contributed by atoms with Gasteiger partial charge in [-0.2, -0.15) is 0 Å². The van der Waals surface area contributed by atoms with E-state index in [-0.39, 0.29) is 37.2 Å². The number of carboxylic acids is 2. The largest absolute Gasteiger partial charge is 0.512 e. The average Bonchev–Trinajstić information content (AvgIpc) is 3.59. The van der Waals surface area contributed by atoms with Gasteiger partial charge >= 0.3 is 11.9 Å². The van der Waals surface area contributed by atoms with Crippen LogP contribution in [0.4, 0.5) is 0 Å². The van der Waals surface area contributed by atoms with Gasteiger partial charge in [0.25, 0.3) is 0 Å². The Bertz CT molecular complexity index is 1980. The molecule has 10 nitrogen and oxygen atoms in total. The number of hydrogen-bond acceptors (Lipinski definition) is 7.